The molecule has 1 unspecified atom stereocenters. The number of halogens is 1. The van der Waals surface area contributed by atoms with E-state index < -0.39 is 5.85 Å². The molecule has 2 rings (SSSR count). The van der Waals surface area contributed by atoms with Crippen molar-refractivity contribution >= 4 is 0 Å². The average Bonchev–Trinajstić information content (AvgIpc) is 2.02. The third-order valence-electron chi connectivity index (χ3n) is 1.72. The van der Waals surface area contributed by atoms with Crippen molar-refractivity contribution in [3.05, 3.63) is 24.3 Å². The second-order valence-corrected chi connectivity index (χ2v) is 2.42. The van der Waals surface area contributed by atoms with Gasteiger partial charge >= 0.3 is 0 Å². The number of aromatic nitrogens is 2. The van der Waals surface area contributed by atoms with Crippen LogP contribution in [0.4, 0.5) is 4.39 Å². The SMILES string of the molecule is FC1(c2ccncn2)CCO1. The van der Waals surface area contributed by atoms with Gasteiger partial charge < -0.3 is 4.74 Å². The van der Waals surface area contributed by atoms with Crippen LogP contribution in [0.2, 0.25) is 0 Å². The van der Waals surface area contributed by atoms with Gasteiger partial charge in [-0.2, -0.15) is 0 Å². The van der Waals surface area contributed by atoms with Crippen molar-refractivity contribution in [2.45, 2.75) is 12.3 Å². The van der Waals surface area contributed by atoms with Gasteiger partial charge in [0.15, 0.2) is 0 Å². The maximum Gasteiger partial charge on any atom is 0.254 e. The Kier molecular flexibility index (Phi) is 1.35. The van der Waals surface area contributed by atoms with E-state index in [0.29, 0.717) is 18.7 Å². The summed E-state index contributed by atoms with van der Waals surface area (Å²) < 4.78 is 18.1. The number of hydrogen-bond donors (Lipinski definition) is 0. The molecule has 0 aliphatic carbocycles. The van der Waals surface area contributed by atoms with Crippen molar-refractivity contribution in [1.29, 1.82) is 0 Å². The van der Waals surface area contributed by atoms with Crippen LogP contribution in [0.5, 0.6) is 0 Å². The molecule has 0 bridgehead atoms. The fraction of sp³-hybridized carbons (Fsp3) is 0.429. The van der Waals surface area contributed by atoms with Crippen molar-refractivity contribution in [1.82, 2.24) is 9.97 Å². The predicted octanol–water partition coefficient (Wildman–Crippen LogP) is 1.02. The summed E-state index contributed by atoms with van der Waals surface area (Å²) in [6.07, 6.45) is 3.22. The highest BCUT2D eigenvalue weighted by Crippen LogP contribution is 2.36. The van der Waals surface area contributed by atoms with E-state index in [1.165, 1.54) is 18.6 Å². The van der Waals surface area contributed by atoms with Crippen LogP contribution in [0.25, 0.3) is 0 Å². The van der Waals surface area contributed by atoms with Gasteiger partial charge in [0.25, 0.3) is 5.85 Å². The number of rotatable bonds is 1. The molecule has 1 saturated heterocycles. The molecule has 1 fully saturated rings. The summed E-state index contributed by atoms with van der Waals surface area (Å²) in [4.78, 5) is 7.45. The molecule has 0 aromatic carbocycles. The fourth-order valence-electron chi connectivity index (χ4n) is 0.995. The van der Waals surface area contributed by atoms with E-state index in [9.17, 15) is 4.39 Å². The summed E-state index contributed by atoms with van der Waals surface area (Å²) in [5.74, 6) is -1.64. The molecule has 1 aromatic rings. The molecule has 0 amide bonds. The van der Waals surface area contributed by atoms with Gasteiger partial charge in [0.1, 0.15) is 12.0 Å². The maximum absolute atomic E-state index is 13.3. The van der Waals surface area contributed by atoms with Gasteiger partial charge in [0.05, 0.1) is 6.61 Å². The van der Waals surface area contributed by atoms with Crippen molar-refractivity contribution in [3.63, 3.8) is 0 Å². The second kappa shape index (κ2) is 2.23. The Bertz CT molecular complexity index is 248. The Balaban J connectivity index is 2.29. The minimum atomic E-state index is -1.64. The zero-order valence-electron chi connectivity index (χ0n) is 5.83. The van der Waals surface area contributed by atoms with Gasteiger partial charge in [-0.25, -0.2) is 14.4 Å². The monoisotopic (exact) mass is 154 g/mol. The van der Waals surface area contributed by atoms with Crippen LogP contribution < -0.4 is 0 Å². The molecular weight excluding hydrogens is 147 g/mol. The molecule has 0 spiro atoms. The lowest BCUT2D eigenvalue weighted by Gasteiger charge is -2.32. The Labute approximate surface area is 63.2 Å². The first-order valence-corrected chi connectivity index (χ1v) is 3.41. The van der Waals surface area contributed by atoms with Crippen molar-refractivity contribution in [2.75, 3.05) is 6.61 Å². The summed E-state index contributed by atoms with van der Waals surface area (Å²) >= 11 is 0. The molecule has 0 saturated carbocycles. The molecule has 11 heavy (non-hydrogen) atoms. The second-order valence-electron chi connectivity index (χ2n) is 2.42. The summed E-state index contributed by atoms with van der Waals surface area (Å²) in [6, 6.07) is 1.53. The lowest BCUT2D eigenvalue weighted by Crippen LogP contribution is -2.37. The maximum atomic E-state index is 13.3. The Morgan fingerprint density at radius 2 is 2.45 bits per heavy atom. The summed E-state index contributed by atoms with van der Waals surface area (Å²) in [7, 11) is 0. The van der Waals surface area contributed by atoms with Gasteiger partial charge in [-0.3, -0.25) is 0 Å². The summed E-state index contributed by atoms with van der Waals surface area (Å²) in [5.41, 5.74) is 0.318. The van der Waals surface area contributed by atoms with Gasteiger partial charge in [-0.15, -0.1) is 0 Å². The molecule has 1 atom stereocenters. The molecule has 2 heterocycles. The zero-order valence-corrected chi connectivity index (χ0v) is 5.83. The van der Waals surface area contributed by atoms with E-state index in [0.717, 1.165) is 0 Å². The van der Waals surface area contributed by atoms with Crippen LogP contribution in [0.3, 0.4) is 0 Å². The van der Waals surface area contributed by atoms with Crippen LogP contribution in [-0.2, 0) is 10.6 Å². The van der Waals surface area contributed by atoms with E-state index in [1.807, 2.05) is 0 Å². The minimum absolute atomic E-state index is 0.318. The van der Waals surface area contributed by atoms with Crippen LogP contribution >= 0.6 is 0 Å². The molecule has 58 valence electrons. The van der Waals surface area contributed by atoms with Crippen molar-refractivity contribution in [3.8, 4) is 0 Å². The molecule has 0 radical (unpaired) electrons. The standard InChI is InChI=1S/C7H7FN2O/c8-7(2-4-11-7)6-1-3-9-5-10-6/h1,3,5H,2,4H2. The predicted molar refractivity (Wildman–Crippen MR) is 35.4 cm³/mol. The van der Waals surface area contributed by atoms with Gasteiger partial charge in [-0.05, 0) is 6.07 Å². The van der Waals surface area contributed by atoms with Crippen molar-refractivity contribution < 1.29 is 9.13 Å². The molecule has 4 heteroatoms. The normalized spacial score (nSPS) is 29.5. The van der Waals surface area contributed by atoms with Gasteiger partial charge in [0, 0.05) is 12.6 Å². The largest absolute Gasteiger partial charge is 0.341 e. The van der Waals surface area contributed by atoms with Crippen LogP contribution in [0.15, 0.2) is 18.6 Å². The first-order chi connectivity index (χ1) is 5.31. The molecule has 3 nitrogen and oxygen atoms in total. The molecule has 0 N–H and O–H groups in total. The highest BCUT2D eigenvalue weighted by Gasteiger charge is 2.41. The highest BCUT2D eigenvalue weighted by molar-refractivity contribution is 5.08. The van der Waals surface area contributed by atoms with Crippen LogP contribution in [0.1, 0.15) is 12.1 Å². The number of hydrogen-bond acceptors (Lipinski definition) is 3. The van der Waals surface area contributed by atoms with E-state index in [2.05, 4.69) is 9.97 Å². The fourth-order valence-corrected chi connectivity index (χ4v) is 0.995. The molecule has 1 aromatic heterocycles. The first kappa shape index (κ1) is 6.67. The van der Waals surface area contributed by atoms with E-state index in [1.54, 1.807) is 0 Å². The van der Waals surface area contributed by atoms with Crippen LogP contribution in [0, 0.1) is 0 Å². The lowest BCUT2D eigenvalue weighted by molar-refractivity contribution is -0.244. The smallest absolute Gasteiger partial charge is 0.254 e. The molecule has 1 aliphatic heterocycles. The quantitative estimate of drug-likeness (QED) is 0.605. The number of alkyl halides is 1. The van der Waals surface area contributed by atoms with Crippen LogP contribution in [-0.4, -0.2) is 16.6 Å². The van der Waals surface area contributed by atoms with Gasteiger partial charge in [-0.1, -0.05) is 0 Å². The molecule has 1 aliphatic rings. The first-order valence-electron chi connectivity index (χ1n) is 3.41. The summed E-state index contributed by atoms with van der Waals surface area (Å²) in [6.45, 7) is 0.473. The third-order valence-corrected chi connectivity index (χ3v) is 1.72. The average molecular weight is 154 g/mol. The summed E-state index contributed by atoms with van der Waals surface area (Å²) in [5, 5.41) is 0. The van der Waals surface area contributed by atoms with E-state index >= 15 is 0 Å². The van der Waals surface area contributed by atoms with Crippen molar-refractivity contribution in [2.24, 2.45) is 0 Å². The lowest BCUT2D eigenvalue weighted by atomic mass is 10.1. The van der Waals surface area contributed by atoms with E-state index in [4.69, 9.17) is 4.74 Å². The topological polar surface area (TPSA) is 35.0 Å². The highest BCUT2D eigenvalue weighted by atomic mass is 19.2. The Hall–Kier alpha value is -1.03. The number of nitrogens with zero attached hydrogens (tertiary/aromatic N) is 2. The molecular formula is C7H7FN2O. The van der Waals surface area contributed by atoms with E-state index in [-0.39, 0.29) is 0 Å². The van der Waals surface area contributed by atoms with Gasteiger partial charge in [0.2, 0.25) is 0 Å². The zero-order chi connectivity index (χ0) is 7.73. The Morgan fingerprint density at radius 3 is 2.91 bits per heavy atom. The number of ether oxygens (including phenoxy) is 1. The minimum Gasteiger partial charge on any atom is -0.341 e. The third kappa shape index (κ3) is 0.991. The Morgan fingerprint density at radius 1 is 1.64 bits per heavy atom.